The molecule has 7 nitrogen and oxygen atoms in total. The monoisotopic (exact) mass is 391 g/mol. The highest BCUT2D eigenvalue weighted by atomic mass is 16.4. The minimum Gasteiger partial charge on any atom is -0.465 e. The number of nitriles is 2. The second-order valence-corrected chi connectivity index (χ2v) is 9.46. The summed E-state index contributed by atoms with van der Waals surface area (Å²) in [7, 11) is 0. The lowest BCUT2D eigenvalue weighted by Crippen LogP contribution is -2.59. The number of carboxylic acid groups (broad SMARTS) is 1. The van der Waals surface area contributed by atoms with E-state index in [1.807, 2.05) is 0 Å². The first-order chi connectivity index (χ1) is 14.0. The number of hydrogen-bond donors (Lipinski definition) is 2. The largest absolute Gasteiger partial charge is 0.465 e. The fraction of sp³-hybridized carbons (Fsp3) is 0.636. The number of hydrogen-bond acceptors (Lipinski definition) is 5. The van der Waals surface area contributed by atoms with Gasteiger partial charge in [-0.05, 0) is 74.3 Å². The zero-order chi connectivity index (χ0) is 20.2. The van der Waals surface area contributed by atoms with Crippen molar-refractivity contribution in [3.8, 4) is 12.1 Å². The molecule has 1 aromatic rings. The van der Waals surface area contributed by atoms with E-state index >= 15 is 0 Å². The zero-order valence-corrected chi connectivity index (χ0v) is 16.3. The van der Waals surface area contributed by atoms with Crippen LogP contribution in [0, 0.1) is 51.7 Å². The number of nitrogens with one attached hydrogen (secondary N) is 1. The van der Waals surface area contributed by atoms with E-state index in [1.165, 1.54) is 0 Å². The molecule has 7 heteroatoms. The van der Waals surface area contributed by atoms with Crippen molar-refractivity contribution in [1.29, 1.82) is 10.5 Å². The summed E-state index contributed by atoms with van der Waals surface area (Å²) >= 11 is 0. The summed E-state index contributed by atoms with van der Waals surface area (Å²) in [6, 6.07) is 8.07. The van der Waals surface area contributed by atoms with Crippen molar-refractivity contribution in [3.05, 3.63) is 23.9 Å². The predicted octanol–water partition coefficient (Wildman–Crippen LogP) is 3.45. The van der Waals surface area contributed by atoms with Gasteiger partial charge in [0.15, 0.2) is 0 Å². The third kappa shape index (κ3) is 2.83. The van der Waals surface area contributed by atoms with Gasteiger partial charge in [0.05, 0.1) is 29.1 Å². The van der Waals surface area contributed by atoms with E-state index in [0.717, 1.165) is 32.1 Å². The topological polar surface area (TPSA) is 113 Å². The lowest BCUT2D eigenvalue weighted by atomic mass is 9.45. The number of aromatic nitrogens is 1. The average molecular weight is 391 g/mol. The number of rotatable bonds is 3. The molecule has 150 valence electrons. The van der Waals surface area contributed by atoms with Crippen molar-refractivity contribution in [2.24, 2.45) is 29.1 Å². The minimum absolute atomic E-state index is 0.0614. The van der Waals surface area contributed by atoms with Gasteiger partial charge in [-0.1, -0.05) is 0 Å². The summed E-state index contributed by atoms with van der Waals surface area (Å²) in [5, 5.41) is 32.5. The van der Waals surface area contributed by atoms with Crippen LogP contribution in [0.4, 0.5) is 10.6 Å². The molecule has 6 rings (SSSR count). The number of pyridine rings is 1. The van der Waals surface area contributed by atoms with Gasteiger partial charge in [-0.3, -0.25) is 0 Å². The summed E-state index contributed by atoms with van der Waals surface area (Å²) in [5.74, 6) is 2.26. The van der Waals surface area contributed by atoms with Gasteiger partial charge in [-0.25, -0.2) is 9.78 Å². The Kier molecular flexibility index (Phi) is 4.17. The van der Waals surface area contributed by atoms with Gasteiger partial charge in [0.25, 0.3) is 0 Å². The van der Waals surface area contributed by atoms with Gasteiger partial charge >= 0.3 is 6.09 Å². The molecule has 0 spiro atoms. The van der Waals surface area contributed by atoms with Crippen molar-refractivity contribution in [2.45, 2.75) is 50.6 Å². The average Bonchev–Trinajstić information content (AvgIpc) is 3.11. The van der Waals surface area contributed by atoms with Crippen LogP contribution in [0.5, 0.6) is 0 Å². The van der Waals surface area contributed by atoms with Gasteiger partial charge in [0.1, 0.15) is 11.9 Å². The number of likely N-dealkylation sites (tertiary alicyclic amines) is 1. The Bertz CT molecular complexity index is 903. The quantitative estimate of drug-likeness (QED) is 0.816. The molecule has 4 aliphatic carbocycles. The molecule has 29 heavy (non-hydrogen) atoms. The molecule has 0 aromatic carbocycles. The van der Waals surface area contributed by atoms with Crippen LogP contribution in [0.1, 0.15) is 44.1 Å². The van der Waals surface area contributed by atoms with E-state index < -0.39 is 6.09 Å². The van der Waals surface area contributed by atoms with Crippen LogP contribution in [-0.2, 0) is 0 Å². The van der Waals surface area contributed by atoms with Crippen LogP contribution >= 0.6 is 0 Å². The van der Waals surface area contributed by atoms with E-state index in [4.69, 9.17) is 0 Å². The summed E-state index contributed by atoms with van der Waals surface area (Å²) in [6.07, 6.45) is 6.57. The maximum absolute atomic E-state index is 12.1. The summed E-state index contributed by atoms with van der Waals surface area (Å²) in [4.78, 5) is 18.0. The van der Waals surface area contributed by atoms with Gasteiger partial charge in [-0.15, -0.1) is 0 Å². The molecule has 2 N–H and O–H groups in total. The molecule has 2 heterocycles. The number of nitrogens with zero attached hydrogens (tertiary/aromatic N) is 4. The van der Waals surface area contributed by atoms with E-state index in [0.29, 0.717) is 42.1 Å². The molecular weight excluding hydrogens is 366 g/mol. The second kappa shape index (κ2) is 6.62. The summed E-state index contributed by atoms with van der Waals surface area (Å²) in [6.45, 7) is 0.495. The van der Waals surface area contributed by atoms with Crippen LogP contribution in [0.25, 0.3) is 0 Å². The van der Waals surface area contributed by atoms with Crippen LogP contribution in [0.15, 0.2) is 18.3 Å². The van der Waals surface area contributed by atoms with Crippen molar-refractivity contribution >= 4 is 11.9 Å². The summed E-state index contributed by atoms with van der Waals surface area (Å²) in [5.41, 5.74) is 0.297. The Morgan fingerprint density at radius 1 is 1.28 bits per heavy atom. The highest BCUT2D eigenvalue weighted by molar-refractivity contribution is 5.66. The lowest BCUT2D eigenvalue weighted by Gasteiger charge is -2.60. The molecule has 1 saturated heterocycles. The lowest BCUT2D eigenvalue weighted by molar-refractivity contribution is -0.0911. The second-order valence-electron chi connectivity index (χ2n) is 9.46. The Hall–Kier alpha value is -2.80. The van der Waals surface area contributed by atoms with Crippen LogP contribution in [0.3, 0.4) is 0 Å². The van der Waals surface area contributed by atoms with Crippen LogP contribution in [-0.4, -0.2) is 39.7 Å². The highest BCUT2D eigenvalue weighted by Gasteiger charge is 2.60. The van der Waals surface area contributed by atoms with Gasteiger partial charge in [-0.2, -0.15) is 10.5 Å². The van der Waals surface area contributed by atoms with E-state index in [9.17, 15) is 20.4 Å². The minimum atomic E-state index is -0.871. The van der Waals surface area contributed by atoms with Gasteiger partial charge < -0.3 is 15.3 Å². The summed E-state index contributed by atoms with van der Waals surface area (Å²) < 4.78 is 0. The van der Waals surface area contributed by atoms with Crippen LogP contribution < -0.4 is 5.32 Å². The maximum Gasteiger partial charge on any atom is 0.407 e. The molecule has 5 fully saturated rings. The molecule has 4 bridgehead atoms. The molecule has 1 amide bonds. The molecule has 4 unspecified atom stereocenters. The first-order valence-corrected chi connectivity index (χ1v) is 10.6. The predicted molar refractivity (Wildman–Crippen MR) is 105 cm³/mol. The number of amides is 1. The van der Waals surface area contributed by atoms with E-state index in [1.54, 1.807) is 23.2 Å². The molecule has 0 radical (unpaired) electrons. The third-order valence-electron chi connectivity index (χ3n) is 7.93. The molecule has 7 atom stereocenters. The fourth-order valence-corrected chi connectivity index (χ4v) is 7.22. The van der Waals surface area contributed by atoms with E-state index in [-0.39, 0.29) is 23.4 Å². The first-order valence-electron chi connectivity index (χ1n) is 10.6. The Morgan fingerprint density at radius 3 is 2.69 bits per heavy atom. The number of carbonyl (C=O) groups is 1. The molecule has 1 aromatic heterocycles. The molecule has 5 aliphatic rings. The normalized spacial score (nSPS) is 39.7. The van der Waals surface area contributed by atoms with E-state index in [2.05, 4.69) is 22.4 Å². The standard InChI is InChI=1S/C22H25N5O2/c23-11-14-2-1-4-25-20(14)26-17-3-5-27(21(28)29)19(17)18-15-6-13-7-16(18)10-22(8-13,9-15)12-24/h1-2,4,13,15-19H,3,5-10H2,(H,25,26)(H,28,29)/t13?,15-,16?,17+,18?,19?,22-/m0/s1. The molecule has 1 aliphatic heterocycles. The van der Waals surface area contributed by atoms with Crippen molar-refractivity contribution in [1.82, 2.24) is 9.88 Å². The smallest absolute Gasteiger partial charge is 0.407 e. The zero-order valence-electron chi connectivity index (χ0n) is 16.3. The Balaban J connectivity index is 1.46. The Morgan fingerprint density at radius 2 is 2.03 bits per heavy atom. The molecular formula is C22H25N5O2. The highest BCUT2D eigenvalue weighted by Crippen LogP contribution is 2.63. The van der Waals surface area contributed by atoms with Gasteiger partial charge in [0.2, 0.25) is 0 Å². The van der Waals surface area contributed by atoms with Crippen molar-refractivity contribution < 1.29 is 9.90 Å². The third-order valence-corrected chi connectivity index (χ3v) is 7.93. The first kappa shape index (κ1) is 18.2. The molecule has 4 saturated carbocycles. The van der Waals surface area contributed by atoms with Gasteiger partial charge in [0, 0.05) is 12.7 Å². The SMILES string of the molecule is N#Cc1cccnc1N[C@@H]1CCN(C(=O)O)C1C1C2CC3C[C@H]1C[C@@](C#N)(C3)C2. The number of anilines is 1. The fourth-order valence-electron chi connectivity index (χ4n) is 7.22. The Labute approximate surface area is 170 Å². The maximum atomic E-state index is 12.1. The van der Waals surface area contributed by atoms with Crippen LogP contribution in [0.2, 0.25) is 0 Å². The van der Waals surface area contributed by atoms with Crippen molar-refractivity contribution in [3.63, 3.8) is 0 Å². The van der Waals surface area contributed by atoms with Crippen molar-refractivity contribution in [2.75, 3.05) is 11.9 Å².